The lowest BCUT2D eigenvalue weighted by atomic mass is 10.2. The van der Waals surface area contributed by atoms with Crippen LogP contribution in [-0.4, -0.2) is 21.0 Å². The zero-order valence-electron chi connectivity index (χ0n) is 6.08. The van der Waals surface area contributed by atoms with Crippen molar-refractivity contribution < 1.29 is 19.5 Å². The summed E-state index contributed by atoms with van der Waals surface area (Å²) in [6.07, 6.45) is 0.465. The molecule has 0 saturated heterocycles. The molecule has 0 fully saturated rings. The summed E-state index contributed by atoms with van der Waals surface area (Å²) < 4.78 is 0. The van der Waals surface area contributed by atoms with Crippen molar-refractivity contribution in [2.24, 2.45) is 0 Å². The lowest BCUT2D eigenvalue weighted by Crippen LogP contribution is -2.14. The zero-order chi connectivity index (χ0) is 9.19. The Morgan fingerprint density at radius 1 is 1.17 bits per heavy atom. The molecule has 0 unspecified atom stereocenters. The van der Waals surface area contributed by atoms with Crippen LogP contribution in [0.15, 0.2) is 24.3 Å². The number of hydrogen-bond acceptors (Lipinski definition) is 4. The van der Waals surface area contributed by atoms with Gasteiger partial charge in [0.1, 0.15) is 0 Å². The molecule has 3 N–H and O–H groups in total. The van der Waals surface area contributed by atoms with Gasteiger partial charge in [-0.05, 0) is 12.1 Å². The number of benzene rings is 1. The molecule has 4 nitrogen and oxygen atoms in total. The second kappa shape index (κ2) is 3.29. The van der Waals surface area contributed by atoms with E-state index in [2.05, 4.69) is 0 Å². The average molecular weight is 187 g/mol. The van der Waals surface area contributed by atoms with Gasteiger partial charge in [-0.3, -0.25) is 4.79 Å². The van der Waals surface area contributed by atoms with E-state index in [-0.39, 0.29) is 10.9 Å². The van der Waals surface area contributed by atoms with Gasteiger partial charge in [0.25, 0.3) is 0 Å². The molecule has 0 saturated carbocycles. The van der Waals surface area contributed by atoms with Gasteiger partial charge in [-0.1, -0.05) is 12.1 Å². The molecule has 0 aliphatic heterocycles. The first-order valence-corrected chi connectivity index (χ1v) is 4.82. The third-order valence-corrected chi connectivity index (χ3v) is 2.44. The Bertz CT molecular complexity index is 292. The summed E-state index contributed by atoms with van der Waals surface area (Å²) >= 11 is 0. The lowest BCUT2D eigenvalue weighted by molar-refractivity contribution is 0.112. The van der Waals surface area contributed by atoms with Crippen molar-refractivity contribution in [3.63, 3.8) is 0 Å². The van der Waals surface area contributed by atoms with Crippen LogP contribution in [0.5, 0.6) is 0 Å². The first kappa shape index (κ1) is 9.29. The smallest absolute Gasteiger partial charge is 0.298 e. The van der Waals surface area contributed by atoms with Gasteiger partial charge in [-0.15, -0.1) is 0 Å². The van der Waals surface area contributed by atoms with E-state index in [1.165, 1.54) is 18.2 Å². The molecular formula is C7H8O4P+. The fourth-order valence-corrected chi connectivity index (χ4v) is 1.62. The van der Waals surface area contributed by atoms with Crippen LogP contribution < -0.4 is 5.30 Å². The van der Waals surface area contributed by atoms with E-state index in [9.17, 15) is 4.79 Å². The summed E-state index contributed by atoms with van der Waals surface area (Å²) in [7, 11) is -4.05. The van der Waals surface area contributed by atoms with Gasteiger partial charge in [-0.25, -0.2) is 0 Å². The molecule has 12 heavy (non-hydrogen) atoms. The summed E-state index contributed by atoms with van der Waals surface area (Å²) in [6.45, 7) is 0. The van der Waals surface area contributed by atoms with Gasteiger partial charge < -0.3 is 0 Å². The molecule has 64 valence electrons. The molecule has 1 aromatic carbocycles. The molecule has 1 aromatic rings. The summed E-state index contributed by atoms with van der Waals surface area (Å²) in [5, 5.41) is -0.111. The third-order valence-electron chi connectivity index (χ3n) is 1.39. The van der Waals surface area contributed by atoms with E-state index in [0.29, 0.717) is 6.29 Å². The number of carbonyl (C=O) groups is 1. The maximum atomic E-state index is 10.4. The van der Waals surface area contributed by atoms with Crippen LogP contribution in [0.4, 0.5) is 0 Å². The minimum Gasteiger partial charge on any atom is -0.298 e. The highest BCUT2D eigenvalue weighted by Gasteiger charge is 2.36. The largest absolute Gasteiger partial charge is 0.441 e. The van der Waals surface area contributed by atoms with Crippen LogP contribution in [0.3, 0.4) is 0 Å². The highest BCUT2D eigenvalue weighted by molar-refractivity contribution is 7.66. The number of rotatable bonds is 2. The SMILES string of the molecule is O=Cc1ccccc1[P+](O)(O)O. The van der Waals surface area contributed by atoms with Crippen molar-refractivity contribution in [3.05, 3.63) is 29.8 Å². The monoisotopic (exact) mass is 187 g/mol. The zero-order valence-corrected chi connectivity index (χ0v) is 6.98. The minimum atomic E-state index is -4.05. The molecule has 5 heteroatoms. The Labute approximate surface area is 69.7 Å². The van der Waals surface area contributed by atoms with Crippen molar-refractivity contribution in [2.45, 2.75) is 0 Å². The number of carbonyl (C=O) groups excluding carboxylic acids is 1. The molecule has 1 rings (SSSR count). The summed E-state index contributed by atoms with van der Waals surface area (Å²) in [6, 6.07) is 5.79. The number of aldehydes is 1. The fraction of sp³-hybridized carbons (Fsp3) is 0. The number of hydrogen-bond donors (Lipinski definition) is 3. The van der Waals surface area contributed by atoms with Crippen LogP contribution in [0.1, 0.15) is 10.4 Å². The van der Waals surface area contributed by atoms with Crippen LogP contribution in [-0.2, 0) is 0 Å². The first-order valence-electron chi connectivity index (χ1n) is 3.18. The third kappa shape index (κ3) is 1.87. The molecule has 0 amide bonds. The van der Waals surface area contributed by atoms with Crippen molar-refractivity contribution >= 4 is 19.5 Å². The highest BCUT2D eigenvalue weighted by atomic mass is 31.2. The molecule has 0 bridgehead atoms. The maximum absolute atomic E-state index is 10.4. The highest BCUT2D eigenvalue weighted by Crippen LogP contribution is 2.43. The molecule has 0 heterocycles. The second-order valence-corrected chi connectivity index (χ2v) is 3.86. The van der Waals surface area contributed by atoms with Crippen LogP contribution in [0, 0.1) is 0 Å². The molecular weight excluding hydrogens is 179 g/mol. The van der Waals surface area contributed by atoms with Gasteiger partial charge in [-0.2, -0.15) is 14.7 Å². The summed E-state index contributed by atoms with van der Waals surface area (Å²) in [4.78, 5) is 37.0. The lowest BCUT2D eigenvalue weighted by Gasteiger charge is -2.04. The van der Waals surface area contributed by atoms with Gasteiger partial charge in [0.05, 0.1) is 5.56 Å². The average Bonchev–Trinajstić information content (AvgIpc) is 2.03. The topological polar surface area (TPSA) is 77.8 Å². The Kier molecular flexibility index (Phi) is 2.55. The minimum absolute atomic E-state index is 0.0957. The van der Waals surface area contributed by atoms with Crippen molar-refractivity contribution in [2.75, 3.05) is 0 Å². The van der Waals surface area contributed by atoms with E-state index in [1.807, 2.05) is 0 Å². The molecule has 0 radical (unpaired) electrons. The van der Waals surface area contributed by atoms with E-state index in [1.54, 1.807) is 6.07 Å². The Balaban J connectivity index is 3.23. The van der Waals surface area contributed by atoms with Crippen molar-refractivity contribution in [3.8, 4) is 0 Å². The normalized spacial score (nSPS) is 11.2. The quantitative estimate of drug-likeness (QED) is 0.445. The second-order valence-electron chi connectivity index (χ2n) is 2.24. The molecule has 0 atom stereocenters. The predicted molar refractivity (Wildman–Crippen MR) is 45.0 cm³/mol. The van der Waals surface area contributed by atoms with Gasteiger partial charge in [0.15, 0.2) is 11.6 Å². The van der Waals surface area contributed by atoms with Crippen molar-refractivity contribution in [1.82, 2.24) is 0 Å². The van der Waals surface area contributed by atoms with E-state index in [4.69, 9.17) is 14.7 Å². The molecule has 0 aliphatic carbocycles. The van der Waals surface area contributed by atoms with E-state index >= 15 is 0 Å². The van der Waals surface area contributed by atoms with Gasteiger partial charge >= 0.3 is 7.94 Å². The Morgan fingerprint density at radius 2 is 1.75 bits per heavy atom. The van der Waals surface area contributed by atoms with Crippen LogP contribution >= 0.6 is 7.94 Å². The van der Waals surface area contributed by atoms with Gasteiger partial charge in [0.2, 0.25) is 0 Å². The molecule has 0 spiro atoms. The van der Waals surface area contributed by atoms with E-state index in [0.717, 1.165) is 0 Å². The van der Waals surface area contributed by atoms with E-state index < -0.39 is 7.94 Å². The maximum Gasteiger partial charge on any atom is 0.441 e. The van der Waals surface area contributed by atoms with Crippen LogP contribution in [0.25, 0.3) is 0 Å². The molecule has 0 aromatic heterocycles. The fourth-order valence-electron chi connectivity index (χ4n) is 0.860. The Morgan fingerprint density at radius 3 is 2.17 bits per heavy atom. The van der Waals surface area contributed by atoms with Crippen LogP contribution in [0.2, 0.25) is 0 Å². The summed E-state index contributed by atoms with van der Waals surface area (Å²) in [5.74, 6) is 0. The van der Waals surface area contributed by atoms with Gasteiger partial charge in [0, 0.05) is 0 Å². The standard InChI is InChI=1S/C7H8O4P/c8-5-6-3-1-2-4-7(6)12(9,10)11/h1-5,9-11H/q+1. The molecule has 0 aliphatic rings. The summed E-state index contributed by atoms with van der Waals surface area (Å²) in [5.41, 5.74) is 0.0957. The predicted octanol–water partition coefficient (Wildman–Crippen LogP) is -0.136. The first-order chi connectivity index (χ1) is 5.55. The van der Waals surface area contributed by atoms with Crippen molar-refractivity contribution in [1.29, 1.82) is 0 Å². The Hall–Kier alpha value is -0.800.